The van der Waals surface area contributed by atoms with Crippen LogP contribution in [0.2, 0.25) is 0 Å². The Bertz CT molecular complexity index is 216. The maximum absolute atomic E-state index is 10.5. The number of rotatable bonds is 1. The van der Waals surface area contributed by atoms with Gasteiger partial charge in [0, 0.05) is 6.04 Å². The second kappa shape index (κ2) is 3.71. The lowest BCUT2D eigenvalue weighted by Crippen LogP contribution is -2.35. The Morgan fingerprint density at radius 2 is 1.91 bits per heavy atom. The average molecular weight is 202 g/mol. The van der Waals surface area contributed by atoms with E-state index in [0.29, 0.717) is 12.8 Å². The quantitative estimate of drug-likeness (QED) is 0.593. The van der Waals surface area contributed by atoms with Crippen LogP contribution >= 0.6 is 12.4 Å². The standard InChI is InChI=1S/C5H11NO3S.ClH/c6-4-2-1-3-5(4)10(7,8)9;/h4-5H,1-3,6H2,(H,7,8,9);1H/t4-,5+;/m0./s1. The van der Waals surface area contributed by atoms with Gasteiger partial charge in [-0.25, -0.2) is 0 Å². The van der Waals surface area contributed by atoms with Gasteiger partial charge in [-0.3, -0.25) is 4.55 Å². The minimum atomic E-state index is -3.88. The van der Waals surface area contributed by atoms with Crippen molar-refractivity contribution < 1.29 is 13.0 Å². The molecule has 1 fully saturated rings. The fraction of sp³-hybridized carbons (Fsp3) is 1.00. The molecule has 0 radical (unpaired) electrons. The normalized spacial score (nSPS) is 31.5. The van der Waals surface area contributed by atoms with E-state index in [0.717, 1.165) is 6.42 Å². The van der Waals surface area contributed by atoms with E-state index in [9.17, 15) is 8.42 Å². The molecule has 11 heavy (non-hydrogen) atoms. The van der Waals surface area contributed by atoms with Crippen molar-refractivity contribution in [2.45, 2.75) is 30.6 Å². The van der Waals surface area contributed by atoms with Gasteiger partial charge in [0.25, 0.3) is 10.1 Å². The third-order valence-electron chi connectivity index (χ3n) is 1.89. The van der Waals surface area contributed by atoms with Crippen LogP contribution in [0.1, 0.15) is 19.3 Å². The van der Waals surface area contributed by atoms with E-state index >= 15 is 0 Å². The minimum absolute atomic E-state index is 0. The molecule has 1 aliphatic carbocycles. The van der Waals surface area contributed by atoms with Crippen molar-refractivity contribution in [1.82, 2.24) is 0 Å². The zero-order valence-corrected chi connectivity index (χ0v) is 7.57. The fourth-order valence-electron chi connectivity index (χ4n) is 1.32. The summed E-state index contributed by atoms with van der Waals surface area (Å²) in [4.78, 5) is 0. The number of hydrogen-bond donors (Lipinski definition) is 2. The Hall–Kier alpha value is 0.160. The molecule has 0 aromatic rings. The van der Waals surface area contributed by atoms with Gasteiger partial charge in [-0.05, 0) is 12.8 Å². The van der Waals surface area contributed by atoms with E-state index in [-0.39, 0.29) is 18.4 Å². The first-order valence-corrected chi connectivity index (χ1v) is 4.74. The van der Waals surface area contributed by atoms with Gasteiger partial charge < -0.3 is 5.73 Å². The van der Waals surface area contributed by atoms with Gasteiger partial charge in [-0.1, -0.05) is 6.42 Å². The van der Waals surface area contributed by atoms with Crippen LogP contribution in [0.15, 0.2) is 0 Å². The lowest BCUT2D eigenvalue weighted by molar-refractivity contribution is 0.460. The molecular weight excluding hydrogens is 190 g/mol. The van der Waals surface area contributed by atoms with Crippen molar-refractivity contribution >= 4 is 22.5 Å². The van der Waals surface area contributed by atoms with Crippen LogP contribution < -0.4 is 5.73 Å². The summed E-state index contributed by atoms with van der Waals surface area (Å²) in [6.07, 6.45) is 2.00. The summed E-state index contributed by atoms with van der Waals surface area (Å²) in [6.45, 7) is 0. The number of nitrogens with two attached hydrogens (primary N) is 1. The van der Waals surface area contributed by atoms with Crippen LogP contribution in [0.3, 0.4) is 0 Å². The molecule has 0 aromatic heterocycles. The third-order valence-corrected chi connectivity index (χ3v) is 3.24. The van der Waals surface area contributed by atoms with Crippen molar-refractivity contribution in [1.29, 1.82) is 0 Å². The Labute approximate surface area is 72.3 Å². The highest BCUT2D eigenvalue weighted by molar-refractivity contribution is 7.86. The Balaban J connectivity index is 0.000001000. The van der Waals surface area contributed by atoms with Gasteiger partial charge in [0.1, 0.15) is 5.25 Å². The van der Waals surface area contributed by atoms with E-state index in [1.165, 1.54) is 0 Å². The largest absolute Gasteiger partial charge is 0.326 e. The lowest BCUT2D eigenvalue weighted by Gasteiger charge is -2.10. The van der Waals surface area contributed by atoms with Crippen molar-refractivity contribution in [3.8, 4) is 0 Å². The maximum Gasteiger partial charge on any atom is 0.269 e. The van der Waals surface area contributed by atoms with Crippen LogP contribution in [0.25, 0.3) is 0 Å². The lowest BCUT2D eigenvalue weighted by atomic mass is 10.3. The minimum Gasteiger partial charge on any atom is -0.326 e. The number of hydrogen-bond acceptors (Lipinski definition) is 3. The zero-order valence-electron chi connectivity index (χ0n) is 5.93. The monoisotopic (exact) mass is 201 g/mol. The summed E-state index contributed by atoms with van der Waals surface area (Å²) in [7, 11) is -3.88. The molecule has 6 heteroatoms. The topological polar surface area (TPSA) is 80.4 Å². The second-order valence-electron chi connectivity index (χ2n) is 2.65. The highest BCUT2D eigenvalue weighted by atomic mass is 35.5. The van der Waals surface area contributed by atoms with E-state index in [1.807, 2.05) is 0 Å². The summed E-state index contributed by atoms with van der Waals surface area (Å²) in [5.41, 5.74) is 5.43. The molecular formula is C5H12ClNO3S. The molecule has 1 rings (SSSR count). The first kappa shape index (κ1) is 11.2. The molecule has 1 aliphatic rings. The molecule has 2 atom stereocenters. The SMILES string of the molecule is Cl.N[C@H]1CCC[C@H]1S(=O)(=O)O. The average Bonchev–Trinajstić information content (AvgIpc) is 2.11. The van der Waals surface area contributed by atoms with Crippen molar-refractivity contribution in [2.24, 2.45) is 5.73 Å². The van der Waals surface area contributed by atoms with E-state index in [1.54, 1.807) is 0 Å². The van der Waals surface area contributed by atoms with Crippen LogP contribution in [0.5, 0.6) is 0 Å². The second-order valence-corrected chi connectivity index (χ2v) is 4.28. The van der Waals surface area contributed by atoms with Crippen LogP contribution in [0.4, 0.5) is 0 Å². The molecule has 0 aliphatic heterocycles. The molecule has 4 nitrogen and oxygen atoms in total. The van der Waals surface area contributed by atoms with Gasteiger partial charge in [0.15, 0.2) is 0 Å². The fourth-order valence-corrected chi connectivity index (χ4v) is 2.37. The summed E-state index contributed by atoms with van der Waals surface area (Å²) in [6, 6.07) is -0.366. The Morgan fingerprint density at radius 3 is 2.09 bits per heavy atom. The molecule has 0 aromatic carbocycles. The van der Waals surface area contributed by atoms with Gasteiger partial charge >= 0.3 is 0 Å². The maximum atomic E-state index is 10.5. The van der Waals surface area contributed by atoms with Crippen LogP contribution in [-0.4, -0.2) is 24.3 Å². The summed E-state index contributed by atoms with van der Waals surface area (Å²) in [5.74, 6) is 0. The third kappa shape index (κ3) is 2.59. The molecule has 1 saturated carbocycles. The molecule has 68 valence electrons. The predicted octanol–water partition coefficient (Wildman–Crippen LogP) is 0.176. The Morgan fingerprint density at radius 1 is 1.36 bits per heavy atom. The summed E-state index contributed by atoms with van der Waals surface area (Å²) < 4.78 is 29.6. The highest BCUT2D eigenvalue weighted by Crippen LogP contribution is 2.22. The van der Waals surface area contributed by atoms with E-state index in [4.69, 9.17) is 10.3 Å². The van der Waals surface area contributed by atoms with Gasteiger partial charge in [-0.2, -0.15) is 8.42 Å². The molecule has 0 amide bonds. The van der Waals surface area contributed by atoms with Gasteiger partial charge in [0.2, 0.25) is 0 Å². The van der Waals surface area contributed by atoms with E-state index < -0.39 is 15.4 Å². The van der Waals surface area contributed by atoms with Crippen LogP contribution in [-0.2, 0) is 10.1 Å². The smallest absolute Gasteiger partial charge is 0.269 e. The Kier molecular flexibility index (Phi) is 3.76. The molecule has 0 saturated heterocycles. The van der Waals surface area contributed by atoms with Crippen molar-refractivity contribution in [3.05, 3.63) is 0 Å². The first-order valence-electron chi connectivity index (χ1n) is 3.23. The molecule has 0 unspecified atom stereocenters. The molecule has 0 heterocycles. The zero-order chi connectivity index (χ0) is 7.78. The highest BCUT2D eigenvalue weighted by Gasteiger charge is 2.33. The predicted molar refractivity (Wildman–Crippen MR) is 44.4 cm³/mol. The van der Waals surface area contributed by atoms with Gasteiger partial charge in [0.05, 0.1) is 0 Å². The van der Waals surface area contributed by atoms with Crippen LogP contribution in [0, 0.1) is 0 Å². The summed E-state index contributed by atoms with van der Waals surface area (Å²) >= 11 is 0. The van der Waals surface area contributed by atoms with E-state index in [2.05, 4.69) is 0 Å². The van der Waals surface area contributed by atoms with Crippen molar-refractivity contribution in [3.63, 3.8) is 0 Å². The first-order chi connectivity index (χ1) is 4.52. The van der Waals surface area contributed by atoms with Gasteiger partial charge in [-0.15, -0.1) is 12.4 Å². The summed E-state index contributed by atoms with van der Waals surface area (Å²) in [5, 5.41) is -0.715. The molecule has 0 spiro atoms. The van der Waals surface area contributed by atoms with Crippen molar-refractivity contribution in [2.75, 3.05) is 0 Å². The number of halogens is 1. The molecule has 3 N–H and O–H groups in total. The molecule has 0 bridgehead atoms.